The van der Waals surface area contributed by atoms with Gasteiger partial charge >= 0.3 is 0 Å². The van der Waals surface area contributed by atoms with Crippen molar-refractivity contribution in [3.05, 3.63) is 107 Å². The molecule has 0 aliphatic heterocycles. The fourth-order valence-corrected chi connectivity index (χ4v) is 2.78. The highest BCUT2D eigenvalue weighted by molar-refractivity contribution is 5.41. The zero-order valence-electron chi connectivity index (χ0n) is 13.3. The van der Waals surface area contributed by atoms with Crippen LogP contribution in [0.15, 0.2) is 84.9 Å². The molecule has 3 aromatic rings. The van der Waals surface area contributed by atoms with Gasteiger partial charge in [-0.1, -0.05) is 72.8 Å². The highest BCUT2D eigenvalue weighted by atomic mass is 15.3. The molecule has 2 unspecified atom stereocenters. The molecule has 0 aliphatic carbocycles. The minimum Gasteiger partial charge on any atom is -0.504 e. The number of benzene rings is 3. The third-order valence-electron chi connectivity index (χ3n) is 4.06. The second-order valence-corrected chi connectivity index (χ2v) is 5.72. The molecule has 3 rings (SSSR count). The maximum atomic E-state index is 10.9. The van der Waals surface area contributed by atoms with Gasteiger partial charge in [0.05, 0.1) is 0 Å². The van der Waals surface area contributed by atoms with Crippen LogP contribution >= 0.6 is 0 Å². The zero-order chi connectivity index (χ0) is 16.9. The number of rotatable bonds is 5. The molecule has 0 fully saturated rings. The quantitative estimate of drug-likeness (QED) is 0.322. The summed E-state index contributed by atoms with van der Waals surface area (Å²) in [6.45, 7) is 0. The summed E-state index contributed by atoms with van der Waals surface area (Å²) < 4.78 is 1.19. The molecule has 0 amide bonds. The summed E-state index contributed by atoms with van der Waals surface area (Å²) in [5.74, 6) is 0. The number of anilines is 1. The molecule has 4 heteroatoms. The zero-order valence-corrected chi connectivity index (χ0v) is 13.3. The summed E-state index contributed by atoms with van der Waals surface area (Å²) in [5, 5.41) is 0. The molecule has 120 valence electrons. The Bertz CT molecular complexity index is 798. The van der Waals surface area contributed by atoms with Crippen molar-refractivity contribution in [2.24, 2.45) is 5.73 Å². The van der Waals surface area contributed by atoms with Crippen molar-refractivity contribution in [3.63, 3.8) is 0 Å². The van der Waals surface area contributed by atoms with Gasteiger partial charge in [0.2, 0.25) is 6.17 Å². The second kappa shape index (κ2) is 7.06. The Morgan fingerprint density at radius 1 is 0.667 bits per heavy atom. The maximum Gasteiger partial charge on any atom is 0.220 e. The molecule has 24 heavy (non-hydrogen) atoms. The van der Waals surface area contributed by atoms with Gasteiger partial charge in [-0.15, -0.1) is 0 Å². The number of hydrogen-bond donors (Lipinski definition) is 2. The van der Waals surface area contributed by atoms with E-state index in [1.165, 1.54) is 4.70 Å². The van der Waals surface area contributed by atoms with Crippen LogP contribution in [0.2, 0.25) is 0 Å². The van der Waals surface area contributed by atoms with Crippen LogP contribution in [0.3, 0.4) is 0 Å². The largest absolute Gasteiger partial charge is 0.504 e. The predicted molar refractivity (Wildman–Crippen MR) is 96.1 cm³/mol. The summed E-state index contributed by atoms with van der Waals surface area (Å²) in [7, 11) is 0. The van der Waals surface area contributed by atoms with Gasteiger partial charge in [0, 0.05) is 22.4 Å². The van der Waals surface area contributed by atoms with E-state index in [4.69, 9.17) is 11.5 Å². The van der Waals surface area contributed by atoms with Crippen molar-refractivity contribution in [1.82, 2.24) is 0 Å². The van der Waals surface area contributed by atoms with E-state index in [-0.39, 0.29) is 6.04 Å². The second-order valence-electron chi connectivity index (χ2n) is 5.72. The normalized spacial score (nSPS) is 13.2. The fraction of sp³-hybridized carbons (Fsp3) is 0.100. The van der Waals surface area contributed by atoms with E-state index in [9.17, 15) is 5.53 Å². The molecule has 0 aliphatic rings. The van der Waals surface area contributed by atoms with Gasteiger partial charge in [-0.3, -0.25) is 10.4 Å². The molecule has 0 saturated heterocycles. The van der Waals surface area contributed by atoms with Crippen LogP contribution in [0.5, 0.6) is 0 Å². The van der Waals surface area contributed by atoms with E-state index >= 15 is 0 Å². The summed E-state index contributed by atoms with van der Waals surface area (Å²) in [6, 6.07) is 26.4. The first-order valence-electron chi connectivity index (χ1n) is 7.85. The van der Waals surface area contributed by atoms with E-state index in [0.717, 1.165) is 16.7 Å². The van der Waals surface area contributed by atoms with Crippen molar-refractivity contribution in [2.45, 2.75) is 12.2 Å². The van der Waals surface area contributed by atoms with E-state index < -0.39 is 6.17 Å². The first-order valence-corrected chi connectivity index (χ1v) is 7.85. The molecule has 0 saturated carbocycles. The minimum absolute atomic E-state index is 0.387. The molecular formula is C20H20N4. The number of hydrogen-bond acceptors (Lipinski definition) is 2. The predicted octanol–water partition coefficient (Wildman–Crippen LogP) is 4.05. The minimum atomic E-state index is -0.644. The maximum absolute atomic E-state index is 10.9. The van der Waals surface area contributed by atoms with Crippen LogP contribution in [0.4, 0.5) is 5.69 Å². The monoisotopic (exact) mass is 316 g/mol. The van der Waals surface area contributed by atoms with E-state index in [2.05, 4.69) is 0 Å². The van der Waals surface area contributed by atoms with Crippen molar-refractivity contribution < 1.29 is 4.70 Å². The Balaban J connectivity index is 2.01. The topological polar surface area (TPSA) is 77.3 Å². The summed E-state index contributed by atoms with van der Waals surface area (Å²) >= 11 is 0. The molecule has 0 bridgehead atoms. The third kappa shape index (κ3) is 3.34. The average molecular weight is 316 g/mol. The molecule has 0 radical (unpaired) electrons. The average Bonchev–Trinajstić information content (AvgIpc) is 2.64. The first kappa shape index (κ1) is 15.9. The Labute approximate surface area is 141 Å². The first-order chi connectivity index (χ1) is 11.7. The molecule has 4 nitrogen and oxygen atoms in total. The Morgan fingerprint density at radius 3 is 1.67 bits per heavy atom. The SMILES string of the molecule is [N-]=[N+](C(N)c1ccccc1)C(c1ccccc1)c1ccc(N)cc1. The van der Waals surface area contributed by atoms with Crippen LogP contribution in [-0.4, -0.2) is 4.70 Å². The van der Waals surface area contributed by atoms with Gasteiger partial charge in [0.1, 0.15) is 0 Å². The van der Waals surface area contributed by atoms with E-state index in [1.807, 2.05) is 84.9 Å². The molecule has 3 aromatic carbocycles. The smallest absolute Gasteiger partial charge is 0.220 e. The van der Waals surface area contributed by atoms with Crippen LogP contribution in [0.25, 0.3) is 5.53 Å². The lowest BCUT2D eigenvalue weighted by Gasteiger charge is -2.24. The summed E-state index contributed by atoms with van der Waals surface area (Å²) in [5.41, 5.74) is 26.4. The molecule has 0 aromatic heterocycles. The van der Waals surface area contributed by atoms with Crippen LogP contribution in [0, 0.1) is 0 Å². The third-order valence-corrected chi connectivity index (χ3v) is 4.06. The molecular weight excluding hydrogens is 296 g/mol. The van der Waals surface area contributed by atoms with Gasteiger partial charge in [-0.2, -0.15) is 0 Å². The van der Waals surface area contributed by atoms with Crippen molar-refractivity contribution >= 4 is 5.69 Å². The molecule has 0 spiro atoms. The molecule has 2 atom stereocenters. The Hall–Kier alpha value is -2.98. The molecule has 0 heterocycles. The van der Waals surface area contributed by atoms with Crippen LogP contribution in [0.1, 0.15) is 28.9 Å². The van der Waals surface area contributed by atoms with Gasteiger partial charge in [-0.25, -0.2) is 0 Å². The van der Waals surface area contributed by atoms with Gasteiger partial charge in [0.25, 0.3) is 0 Å². The van der Waals surface area contributed by atoms with Gasteiger partial charge in [0.15, 0.2) is 6.04 Å². The highest BCUT2D eigenvalue weighted by Gasteiger charge is 2.26. The van der Waals surface area contributed by atoms with Crippen LogP contribution in [-0.2, 0) is 0 Å². The lowest BCUT2D eigenvalue weighted by Crippen LogP contribution is -2.28. The van der Waals surface area contributed by atoms with Gasteiger partial charge < -0.3 is 11.3 Å². The summed E-state index contributed by atoms with van der Waals surface area (Å²) in [6.07, 6.45) is -0.644. The number of nitrogens with two attached hydrogens (primary N) is 2. The van der Waals surface area contributed by atoms with E-state index in [0.29, 0.717) is 5.69 Å². The standard InChI is InChI=1S/C20H20N4/c21-18-13-11-16(12-14-18)19(15-7-3-1-4-8-15)24(23)20(22)17-9-5-2-6-10-17/h1-14,19-20H,21-22H2. The number of nitrogen functional groups attached to an aromatic ring is 1. The molecule has 4 N–H and O–H groups in total. The van der Waals surface area contributed by atoms with E-state index in [1.54, 1.807) is 0 Å². The Kier molecular flexibility index (Phi) is 4.68. The summed E-state index contributed by atoms with van der Waals surface area (Å²) in [4.78, 5) is 0. The van der Waals surface area contributed by atoms with Crippen molar-refractivity contribution in [3.8, 4) is 0 Å². The Morgan fingerprint density at radius 2 is 1.12 bits per heavy atom. The highest BCUT2D eigenvalue weighted by Crippen LogP contribution is 2.30. The fourth-order valence-electron chi connectivity index (χ4n) is 2.78. The lowest BCUT2D eigenvalue weighted by atomic mass is 9.97. The lowest BCUT2D eigenvalue weighted by molar-refractivity contribution is -0.623. The number of nitrogens with zero attached hydrogens (tertiary/aromatic N) is 2. The van der Waals surface area contributed by atoms with Crippen LogP contribution < -0.4 is 11.5 Å². The van der Waals surface area contributed by atoms with Gasteiger partial charge in [-0.05, 0) is 12.1 Å². The van der Waals surface area contributed by atoms with Crippen molar-refractivity contribution in [2.75, 3.05) is 5.73 Å². The van der Waals surface area contributed by atoms with Crippen molar-refractivity contribution in [1.29, 1.82) is 0 Å².